The van der Waals surface area contributed by atoms with Crippen LogP contribution < -0.4 is 5.32 Å². The third-order valence-corrected chi connectivity index (χ3v) is 4.58. The van der Waals surface area contributed by atoms with Gasteiger partial charge in [0.25, 0.3) is 0 Å². The van der Waals surface area contributed by atoms with Gasteiger partial charge in [-0.1, -0.05) is 38.4 Å². The minimum Gasteiger partial charge on any atom is -0.379 e. The van der Waals surface area contributed by atoms with Crippen molar-refractivity contribution in [3.63, 3.8) is 0 Å². The summed E-state index contributed by atoms with van der Waals surface area (Å²) in [5.41, 5.74) is 2.55. The van der Waals surface area contributed by atoms with E-state index >= 15 is 0 Å². The second kappa shape index (κ2) is 5.81. The van der Waals surface area contributed by atoms with Crippen LogP contribution in [0.4, 0.5) is 5.69 Å². The first-order valence-corrected chi connectivity index (χ1v) is 7.99. The van der Waals surface area contributed by atoms with Crippen LogP contribution in [-0.4, -0.2) is 4.98 Å². The molecule has 1 aromatic carbocycles. The number of benzene rings is 1. The molecule has 19 heavy (non-hydrogen) atoms. The Morgan fingerprint density at radius 3 is 2.63 bits per heavy atom. The molecule has 1 aromatic heterocycles. The molecule has 0 amide bonds. The van der Waals surface area contributed by atoms with E-state index in [1.807, 2.05) is 0 Å². The first kappa shape index (κ1) is 14.8. The predicted molar refractivity (Wildman–Crippen MR) is 87.3 cm³/mol. The van der Waals surface area contributed by atoms with Crippen molar-refractivity contribution in [3.8, 4) is 0 Å². The number of hydrogen-bond donors (Lipinski definition) is 1. The van der Waals surface area contributed by atoms with E-state index in [0.29, 0.717) is 4.47 Å². The fraction of sp³-hybridized carbons (Fsp3) is 0.357. The van der Waals surface area contributed by atoms with Crippen molar-refractivity contribution in [2.45, 2.75) is 32.7 Å². The Kier molecular flexibility index (Phi) is 4.54. The molecule has 2 nitrogen and oxygen atoms in total. The molecule has 0 unspecified atom stereocenters. The van der Waals surface area contributed by atoms with Gasteiger partial charge < -0.3 is 5.32 Å². The summed E-state index contributed by atoms with van der Waals surface area (Å²) in [7, 11) is 0. The molecule has 0 aliphatic heterocycles. The number of hydrogen-bond acceptors (Lipinski definition) is 3. The Bertz CT molecular complexity index is 575. The number of halogens is 2. The van der Waals surface area contributed by atoms with Gasteiger partial charge in [-0.2, -0.15) is 0 Å². The summed E-state index contributed by atoms with van der Waals surface area (Å²) >= 11 is 10.9. The highest BCUT2D eigenvalue weighted by atomic mass is 79.9. The van der Waals surface area contributed by atoms with Gasteiger partial charge in [-0.15, -0.1) is 11.3 Å². The first-order valence-electron chi connectivity index (χ1n) is 6.00. The quantitative estimate of drug-likeness (QED) is 0.786. The number of rotatable bonds is 3. The van der Waals surface area contributed by atoms with Gasteiger partial charge >= 0.3 is 0 Å². The highest BCUT2D eigenvalue weighted by molar-refractivity contribution is 9.10. The standard InChI is InChI=1S/C14H16BrClN2S/c1-14(2,3)9-4-5-12(11(15)6-9)17-7-10-8-18-13(16)19-10/h4-6,8,17H,7H2,1-3H3. The summed E-state index contributed by atoms with van der Waals surface area (Å²) < 4.78 is 1.66. The van der Waals surface area contributed by atoms with Crippen molar-refractivity contribution in [1.82, 2.24) is 4.98 Å². The summed E-state index contributed by atoms with van der Waals surface area (Å²) in [5, 5.41) is 3.39. The number of nitrogens with zero attached hydrogens (tertiary/aromatic N) is 1. The molecule has 0 atom stereocenters. The van der Waals surface area contributed by atoms with Crippen molar-refractivity contribution in [3.05, 3.63) is 43.8 Å². The van der Waals surface area contributed by atoms with Gasteiger partial charge in [0.15, 0.2) is 4.47 Å². The van der Waals surface area contributed by atoms with Crippen LogP contribution in [-0.2, 0) is 12.0 Å². The van der Waals surface area contributed by atoms with E-state index in [-0.39, 0.29) is 5.41 Å². The van der Waals surface area contributed by atoms with E-state index in [2.05, 4.69) is 65.2 Å². The van der Waals surface area contributed by atoms with Gasteiger partial charge in [0.2, 0.25) is 0 Å². The van der Waals surface area contributed by atoms with Crippen molar-refractivity contribution in [1.29, 1.82) is 0 Å². The van der Waals surface area contributed by atoms with E-state index in [4.69, 9.17) is 11.6 Å². The van der Waals surface area contributed by atoms with Crippen LogP contribution >= 0.6 is 38.9 Å². The highest BCUT2D eigenvalue weighted by Crippen LogP contribution is 2.30. The maximum absolute atomic E-state index is 5.81. The predicted octanol–water partition coefficient (Wildman–Crippen LogP) is 5.47. The average Bonchev–Trinajstić information content (AvgIpc) is 2.72. The van der Waals surface area contributed by atoms with Gasteiger partial charge in [0, 0.05) is 21.2 Å². The SMILES string of the molecule is CC(C)(C)c1ccc(NCc2cnc(Cl)s2)c(Br)c1. The number of anilines is 1. The van der Waals surface area contributed by atoms with Crippen molar-refractivity contribution >= 4 is 44.6 Å². The minimum atomic E-state index is 0.159. The molecule has 102 valence electrons. The van der Waals surface area contributed by atoms with E-state index < -0.39 is 0 Å². The van der Waals surface area contributed by atoms with E-state index in [0.717, 1.165) is 21.6 Å². The normalized spacial score (nSPS) is 11.6. The number of nitrogens with one attached hydrogen (secondary N) is 1. The molecule has 5 heteroatoms. The lowest BCUT2D eigenvalue weighted by Gasteiger charge is -2.20. The van der Waals surface area contributed by atoms with Crippen molar-refractivity contribution in [2.75, 3.05) is 5.32 Å². The van der Waals surface area contributed by atoms with Gasteiger partial charge in [0.05, 0.1) is 6.54 Å². The Balaban J connectivity index is 2.09. The average molecular weight is 360 g/mol. The largest absolute Gasteiger partial charge is 0.379 e. The smallest absolute Gasteiger partial charge is 0.183 e. The Morgan fingerprint density at radius 1 is 1.37 bits per heavy atom. The van der Waals surface area contributed by atoms with E-state index in [1.54, 1.807) is 6.20 Å². The molecule has 0 fully saturated rings. The molecule has 2 aromatic rings. The lowest BCUT2D eigenvalue weighted by molar-refractivity contribution is 0.590. The summed E-state index contributed by atoms with van der Waals surface area (Å²) in [6.45, 7) is 7.36. The first-order chi connectivity index (χ1) is 8.86. The second-order valence-corrected chi connectivity index (χ2v) is 7.93. The van der Waals surface area contributed by atoms with Crippen LogP contribution in [0.2, 0.25) is 4.47 Å². The molecule has 0 aliphatic carbocycles. The van der Waals surface area contributed by atoms with Gasteiger partial charge in [-0.3, -0.25) is 0 Å². The molecule has 1 heterocycles. The lowest BCUT2D eigenvalue weighted by Crippen LogP contribution is -2.11. The van der Waals surface area contributed by atoms with Crippen LogP contribution in [0, 0.1) is 0 Å². The fourth-order valence-electron chi connectivity index (χ4n) is 1.67. The molecule has 0 saturated heterocycles. The van der Waals surface area contributed by atoms with E-state index in [9.17, 15) is 0 Å². The molecule has 0 bridgehead atoms. The zero-order valence-corrected chi connectivity index (χ0v) is 14.3. The maximum Gasteiger partial charge on any atom is 0.183 e. The maximum atomic E-state index is 5.81. The van der Waals surface area contributed by atoms with Crippen LogP contribution in [0.15, 0.2) is 28.9 Å². The fourth-order valence-corrected chi connectivity index (χ4v) is 3.11. The molecule has 1 N–H and O–H groups in total. The van der Waals surface area contributed by atoms with Crippen molar-refractivity contribution < 1.29 is 0 Å². The minimum absolute atomic E-state index is 0.159. The topological polar surface area (TPSA) is 24.9 Å². The highest BCUT2D eigenvalue weighted by Gasteiger charge is 2.14. The second-order valence-electron chi connectivity index (χ2n) is 5.38. The number of thiazole rings is 1. The van der Waals surface area contributed by atoms with Crippen molar-refractivity contribution in [2.24, 2.45) is 0 Å². The summed E-state index contributed by atoms with van der Waals surface area (Å²) in [6.07, 6.45) is 1.80. The molecule has 0 aliphatic rings. The molecule has 0 radical (unpaired) electrons. The molecular weight excluding hydrogens is 344 g/mol. The van der Waals surface area contributed by atoms with Crippen LogP contribution in [0.5, 0.6) is 0 Å². The Hall–Kier alpha value is -0.580. The summed E-state index contributed by atoms with van der Waals surface area (Å²) in [5.74, 6) is 0. The van der Waals surface area contributed by atoms with Gasteiger partial charge in [-0.05, 0) is 39.0 Å². The van der Waals surface area contributed by atoms with Crippen LogP contribution in [0.3, 0.4) is 0 Å². The molecule has 0 saturated carbocycles. The monoisotopic (exact) mass is 358 g/mol. The van der Waals surface area contributed by atoms with Crippen LogP contribution in [0.25, 0.3) is 0 Å². The van der Waals surface area contributed by atoms with Crippen LogP contribution in [0.1, 0.15) is 31.2 Å². The zero-order chi connectivity index (χ0) is 14.0. The summed E-state index contributed by atoms with van der Waals surface area (Å²) in [6, 6.07) is 6.43. The Morgan fingerprint density at radius 2 is 2.11 bits per heavy atom. The van der Waals surface area contributed by atoms with Gasteiger partial charge in [-0.25, -0.2) is 4.98 Å². The third kappa shape index (κ3) is 3.94. The van der Waals surface area contributed by atoms with Gasteiger partial charge in [0.1, 0.15) is 0 Å². The number of aromatic nitrogens is 1. The third-order valence-electron chi connectivity index (χ3n) is 2.81. The molecule has 0 spiro atoms. The summed E-state index contributed by atoms with van der Waals surface area (Å²) in [4.78, 5) is 5.15. The molecule has 2 rings (SSSR count). The Labute approximate surface area is 131 Å². The van der Waals surface area contributed by atoms with E-state index in [1.165, 1.54) is 16.9 Å². The zero-order valence-electron chi connectivity index (χ0n) is 11.1. The lowest BCUT2D eigenvalue weighted by atomic mass is 9.87. The molecular formula is C14H16BrClN2S.